The van der Waals surface area contributed by atoms with Crippen LogP contribution in [0.2, 0.25) is 0 Å². The lowest BCUT2D eigenvalue weighted by molar-refractivity contribution is -0.237. The Morgan fingerprint density at radius 3 is 2.05 bits per heavy atom. The summed E-state index contributed by atoms with van der Waals surface area (Å²) >= 11 is 0. The summed E-state index contributed by atoms with van der Waals surface area (Å²) in [6.07, 6.45) is -3.58. The standard InChI is InChI=1S/C12H18O7/c1-11(2)16-5-6(17-11)8-10(15-7(5)9(13)14)19-12(3,4)18-8/h5-8,10H,1-4H3,(H,13,14)/t5-,6+,7?,8?,10+/m1/s1. The summed E-state index contributed by atoms with van der Waals surface area (Å²) in [7, 11) is 0. The second-order valence-corrected chi connectivity index (χ2v) is 5.93. The van der Waals surface area contributed by atoms with Gasteiger partial charge in [0.05, 0.1) is 0 Å². The van der Waals surface area contributed by atoms with Gasteiger partial charge in [0, 0.05) is 0 Å². The molecule has 7 heteroatoms. The van der Waals surface area contributed by atoms with Gasteiger partial charge in [0.15, 0.2) is 24.0 Å². The van der Waals surface area contributed by atoms with Gasteiger partial charge in [-0.15, -0.1) is 0 Å². The van der Waals surface area contributed by atoms with Crippen LogP contribution >= 0.6 is 0 Å². The van der Waals surface area contributed by atoms with Crippen LogP contribution in [-0.2, 0) is 28.5 Å². The van der Waals surface area contributed by atoms with Gasteiger partial charge in [-0.2, -0.15) is 0 Å². The molecule has 0 saturated carbocycles. The number of rotatable bonds is 1. The second kappa shape index (κ2) is 3.89. The Balaban J connectivity index is 1.91. The zero-order chi connectivity index (χ0) is 14.0. The normalized spacial score (nSPS) is 46.6. The van der Waals surface area contributed by atoms with E-state index < -0.39 is 48.2 Å². The molecule has 108 valence electrons. The van der Waals surface area contributed by atoms with E-state index >= 15 is 0 Å². The van der Waals surface area contributed by atoms with Gasteiger partial charge in [-0.3, -0.25) is 0 Å². The van der Waals surface area contributed by atoms with E-state index in [0.717, 1.165) is 0 Å². The van der Waals surface area contributed by atoms with Crippen LogP contribution in [0.3, 0.4) is 0 Å². The van der Waals surface area contributed by atoms with E-state index in [0.29, 0.717) is 0 Å². The molecule has 0 aromatic carbocycles. The number of hydrogen-bond donors (Lipinski definition) is 1. The third-order valence-corrected chi connectivity index (χ3v) is 3.40. The summed E-state index contributed by atoms with van der Waals surface area (Å²) in [6, 6.07) is 0. The fourth-order valence-electron chi connectivity index (χ4n) is 2.81. The molecule has 19 heavy (non-hydrogen) atoms. The van der Waals surface area contributed by atoms with Crippen molar-refractivity contribution in [2.24, 2.45) is 0 Å². The third kappa shape index (κ3) is 2.15. The molecule has 3 rings (SSSR count). The quantitative estimate of drug-likeness (QED) is 0.744. The SMILES string of the molecule is CC1(C)OC2[C@@H](OC(C(=O)O)[C@@H]3OC(C)(C)O[C@H]23)O1. The molecule has 3 saturated heterocycles. The monoisotopic (exact) mass is 274 g/mol. The van der Waals surface area contributed by atoms with Crippen molar-refractivity contribution in [1.82, 2.24) is 0 Å². The van der Waals surface area contributed by atoms with Gasteiger partial charge < -0.3 is 28.8 Å². The zero-order valence-corrected chi connectivity index (χ0v) is 11.3. The van der Waals surface area contributed by atoms with Gasteiger partial charge in [-0.05, 0) is 27.7 Å². The number of fused-ring (bicyclic) bond motifs is 3. The molecule has 3 heterocycles. The first-order chi connectivity index (χ1) is 8.69. The van der Waals surface area contributed by atoms with E-state index in [-0.39, 0.29) is 0 Å². The number of carbonyl (C=O) groups is 1. The van der Waals surface area contributed by atoms with Crippen molar-refractivity contribution in [1.29, 1.82) is 0 Å². The van der Waals surface area contributed by atoms with Gasteiger partial charge in [0.25, 0.3) is 0 Å². The maximum atomic E-state index is 11.3. The van der Waals surface area contributed by atoms with Crippen LogP contribution in [-0.4, -0.2) is 53.4 Å². The molecule has 0 aromatic heterocycles. The van der Waals surface area contributed by atoms with Crippen LogP contribution in [0.15, 0.2) is 0 Å². The van der Waals surface area contributed by atoms with Gasteiger partial charge in [-0.25, -0.2) is 4.79 Å². The fraction of sp³-hybridized carbons (Fsp3) is 0.917. The van der Waals surface area contributed by atoms with Gasteiger partial charge in [0.1, 0.15) is 18.3 Å². The van der Waals surface area contributed by atoms with E-state index in [9.17, 15) is 9.90 Å². The van der Waals surface area contributed by atoms with E-state index in [1.807, 2.05) is 0 Å². The summed E-state index contributed by atoms with van der Waals surface area (Å²) in [5.41, 5.74) is 0. The molecule has 3 fully saturated rings. The lowest BCUT2D eigenvalue weighted by atomic mass is 9.99. The minimum Gasteiger partial charge on any atom is -0.479 e. The van der Waals surface area contributed by atoms with E-state index in [1.165, 1.54) is 0 Å². The average molecular weight is 274 g/mol. The van der Waals surface area contributed by atoms with Crippen LogP contribution in [0.25, 0.3) is 0 Å². The van der Waals surface area contributed by atoms with Gasteiger partial charge in [-0.1, -0.05) is 0 Å². The molecule has 7 nitrogen and oxygen atoms in total. The fourth-order valence-corrected chi connectivity index (χ4v) is 2.81. The maximum Gasteiger partial charge on any atom is 0.335 e. The zero-order valence-electron chi connectivity index (χ0n) is 11.3. The molecule has 0 aliphatic carbocycles. The summed E-state index contributed by atoms with van der Waals surface area (Å²) in [6.45, 7) is 6.97. The smallest absolute Gasteiger partial charge is 0.335 e. The van der Waals surface area contributed by atoms with Crippen molar-refractivity contribution < 1.29 is 33.6 Å². The first-order valence-electron chi connectivity index (χ1n) is 6.28. The Morgan fingerprint density at radius 2 is 1.42 bits per heavy atom. The lowest BCUT2D eigenvalue weighted by Gasteiger charge is -2.35. The molecule has 3 aliphatic heterocycles. The van der Waals surface area contributed by atoms with Gasteiger partial charge in [0.2, 0.25) is 0 Å². The minimum atomic E-state index is -1.12. The Bertz CT molecular complexity index is 405. The van der Waals surface area contributed by atoms with Crippen LogP contribution in [0.4, 0.5) is 0 Å². The molecule has 0 aromatic rings. The Hall–Kier alpha value is -0.730. The molecular formula is C12H18O7. The third-order valence-electron chi connectivity index (χ3n) is 3.40. The predicted octanol–water partition coefficient (Wildman–Crippen LogP) is 0.467. The highest BCUT2D eigenvalue weighted by molar-refractivity contribution is 5.73. The molecule has 0 spiro atoms. The average Bonchev–Trinajstić information content (AvgIpc) is 2.70. The molecular weight excluding hydrogens is 256 g/mol. The van der Waals surface area contributed by atoms with Crippen LogP contribution in [0, 0.1) is 0 Å². The van der Waals surface area contributed by atoms with E-state index in [4.69, 9.17) is 23.7 Å². The molecule has 5 atom stereocenters. The number of carboxylic acid groups (broad SMARTS) is 1. The van der Waals surface area contributed by atoms with Crippen molar-refractivity contribution in [3.05, 3.63) is 0 Å². The first kappa shape index (κ1) is 13.3. The Kier molecular flexibility index (Phi) is 2.72. The highest BCUT2D eigenvalue weighted by Crippen LogP contribution is 2.43. The van der Waals surface area contributed by atoms with Gasteiger partial charge >= 0.3 is 5.97 Å². The maximum absolute atomic E-state index is 11.3. The number of aliphatic carboxylic acids is 1. The molecule has 1 N–H and O–H groups in total. The van der Waals surface area contributed by atoms with Crippen LogP contribution in [0.1, 0.15) is 27.7 Å². The topological polar surface area (TPSA) is 83.5 Å². The van der Waals surface area contributed by atoms with Crippen molar-refractivity contribution >= 4 is 5.97 Å². The van der Waals surface area contributed by atoms with Crippen molar-refractivity contribution in [2.75, 3.05) is 0 Å². The van der Waals surface area contributed by atoms with E-state index in [2.05, 4.69) is 0 Å². The first-order valence-corrected chi connectivity index (χ1v) is 6.28. The molecule has 3 aliphatic rings. The Morgan fingerprint density at radius 1 is 0.895 bits per heavy atom. The number of ether oxygens (including phenoxy) is 5. The highest BCUT2D eigenvalue weighted by atomic mass is 16.9. The highest BCUT2D eigenvalue weighted by Gasteiger charge is 2.62. The predicted molar refractivity (Wildman–Crippen MR) is 60.2 cm³/mol. The molecule has 0 radical (unpaired) electrons. The molecule has 2 unspecified atom stereocenters. The lowest BCUT2D eigenvalue weighted by Crippen LogP contribution is -2.57. The largest absolute Gasteiger partial charge is 0.479 e. The molecule has 0 amide bonds. The van der Waals surface area contributed by atoms with Crippen molar-refractivity contribution in [2.45, 2.75) is 70.0 Å². The van der Waals surface area contributed by atoms with Crippen LogP contribution in [0.5, 0.6) is 0 Å². The van der Waals surface area contributed by atoms with Crippen molar-refractivity contribution in [3.8, 4) is 0 Å². The second-order valence-electron chi connectivity index (χ2n) is 5.93. The van der Waals surface area contributed by atoms with Crippen molar-refractivity contribution in [3.63, 3.8) is 0 Å². The number of hydrogen-bond acceptors (Lipinski definition) is 6. The van der Waals surface area contributed by atoms with Crippen LogP contribution < -0.4 is 0 Å². The minimum absolute atomic E-state index is 0.489. The van der Waals surface area contributed by atoms with E-state index in [1.54, 1.807) is 27.7 Å². The summed E-state index contributed by atoms with van der Waals surface area (Å²) in [4.78, 5) is 11.3. The molecule has 0 bridgehead atoms. The Labute approximate surface area is 110 Å². The summed E-state index contributed by atoms with van der Waals surface area (Å²) in [5, 5.41) is 9.25. The number of carboxylic acids is 1. The summed E-state index contributed by atoms with van der Waals surface area (Å²) < 4.78 is 28.2. The summed E-state index contributed by atoms with van der Waals surface area (Å²) in [5.74, 6) is -2.79.